The van der Waals surface area contributed by atoms with E-state index in [1.807, 2.05) is 39.0 Å². The zero-order chi connectivity index (χ0) is 14.8. The summed E-state index contributed by atoms with van der Waals surface area (Å²) < 4.78 is 0. The van der Waals surface area contributed by atoms with Gasteiger partial charge in [0.15, 0.2) is 5.41 Å². The lowest BCUT2D eigenvalue weighted by atomic mass is 9.80. The van der Waals surface area contributed by atoms with E-state index in [2.05, 4.69) is 0 Å². The van der Waals surface area contributed by atoms with Gasteiger partial charge in [0.05, 0.1) is 0 Å². The molecule has 4 nitrogen and oxygen atoms in total. The van der Waals surface area contributed by atoms with E-state index in [4.69, 9.17) is 0 Å². The number of aryl methyl sites for hydroxylation is 1. The second kappa shape index (κ2) is 5.43. The molecule has 1 aromatic rings. The van der Waals surface area contributed by atoms with Gasteiger partial charge >= 0.3 is 11.9 Å². The van der Waals surface area contributed by atoms with E-state index in [-0.39, 0.29) is 12.3 Å². The first-order valence-corrected chi connectivity index (χ1v) is 6.24. The maximum atomic E-state index is 11.3. The summed E-state index contributed by atoms with van der Waals surface area (Å²) >= 11 is 0. The molecular formula is C15H20O4. The molecule has 0 amide bonds. The molecule has 0 aliphatic rings. The van der Waals surface area contributed by atoms with E-state index in [9.17, 15) is 19.8 Å². The molecule has 2 N–H and O–H groups in total. The summed E-state index contributed by atoms with van der Waals surface area (Å²) in [4.78, 5) is 22.5. The Morgan fingerprint density at radius 2 is 1.74 bits per heavy atom. The van der Waals surface area contributed by atoms with E-state index in [1.54, 1.807) is 0 Å². The monoisotopic (exact) mass is 264 g/mol. The van der Waals surface area contributed by atoms with Gasteiger partial charge in [-0.2, -0.15) is 0 Å². The van der Waals surface area contributed by atoms with Crippen molar-refractivity contribution in [3.63, 3.8) is 0 Å². The molecule has 0 aromatic heterocycles. The number of rotatable bonds is 5. The summed E-state index contributed by atoms with van der Waals surface area (Å²) in [6.45, 7) is 7.18. The van der Waals surface area contributed by atoms with Crippen LogP contribution >= 0.6 is 0 Å². The Morgan fingerprint density at radius 3 is 2.16 bits per heavy atom. The van der Waals surface area contributed by atoms with E-state index >= 15 is 0 Å². The quantitative estimate of drug-likeness (QED) is 0.802. The van der Waals surface area contributed by atoms with Crippen molar-refractivity contribution in [2.24, 2.45) is 5.41 Å². The highest BCUT2D eigenvalue weighted by Gasteiger charge is 2.42. The number of hydrogen-bond acceptors (Lipinski definition) is 2. The summed E-state index contributed by atoms with van der Waals surface area (Å²) in [5.41, 5.74) is 0.997. The van der Waals surface area contributed by atoms with Gasteiger partial charge in [-0.25, -0.2) is 0 Å². The number of carboxylic acid groups (broad SMARTS) is 2. The Kier molecular flexibility index (Phi) is 4.35. The highest BCUT2D eigenvalue weighted by Crippen LogP contribution is 2.29. The van der Waals surface area contributed by atoms with Gasteiger partial charge in [0.2, 0.25) is 0 Å². The van der Waals surface area contributed by atoms with Crippen LogP contribution < -0.4 is 0 Å². The molecule has 1 aromatic carbocycles. The van der Waals surface area contributed by atoms with Crippen LogP contribution in [0.5, 0.6) is 0 Å². The third-order valence-corrected chi connectivity index (χ3v) is 3.41. The lowest BCUT2D eigenvalue weighted by Crippen LogP contribution is -2.38. The van der Waals surface area contributed by atoms with Crippen molar-refractivity contribution in [2.45, 2.75) is 40.0 Å². The Balaban J connectivity index is 3.27. The summed E-state index contributed by atoms with van der Waals surface area (Å²) in [7, 11) is 0. The molecule has 104 valence electrons. The Labute approximate surface area is 113 Å². The number of carbonyl (C=O) groups is 2. The molecular weight excluding hydrogens is 244 g/mol. The van der Waals surface area contributed by atoms with Crippen molar-refractivity contribution in [2.75, 3.05) is 0 Å². The van der Waals surface area contributed by atoms with Crippen LogP contribution in [0.2, 0.25) is 0 Å². The van der Waals surface area contributed by atoms with Gasteiger partial charge in [-0.3, -0.25) is 9.59 Å². The number of benzene rings is 1. The minimum Gasteiger partial charge on any atom is -0.480 e. The lowest BCUT2D eigenvalue weighted by molar-refractivity contribution is -0.163. The number of aliphatic carboxylic acids is 2. The number of hydrogen-bond donors (Lipinski definition) is 2. The highest BCUT2D eigenvalue weighted by molar-refractivity contribution is 5.98. The van der Waals surface area contributed by atoms with Crippen molar-refractivity contribution in [1.82, 2.24) is 0 Å². The van der Waals surface area contributed by atoms with Crippen molar-refractivity contribution in [3.8, 4) is 0 Å². The molecule has 0 fully saturated rings. The topological polar surface area (TPSA) is 74.6 Å². The van der Waals surface area contributed by atoms with Crippen LogP contribution in [-0.2, 0) is 16.0 Å². The maximum Gasteiger partial charge on any atom is 0.321 e. The van der Waals surface area contributed by atoms with Gasteiger partial charge < -0.3 is 10.2 Å². The molecule has 0 atom stereocenters. The minimum atomic E-state index is -1.79. The van der Waals surface area contributed by atoms with Crippen LogP contribution in [-0.4, -0.2) is 22.2 Å². The fourth-order valence-corrected chi connectivity index (χ4v) is 2.07. The zero-order valence-corrected chi connectivity index (χ0v) is 11.7. The summed E-state index contributed by atoms with van der Waals surface area (Å²) in [5, 5.41) is 18.4. The largest absolute Gasteiger partial charge is 0.480 e. The van der Waals surface area contributed by atoms with Crippen LogP contribution in [0.25, 0.3) is 0 Å². The van der Waals surface area contributed by atoms with Crippen molar-refractivity contribution in [1.29, 1.82) is 0 Å². The van der Waals surface area contributed by atoms with Crippen LogP contribution in [0.1, 0.15) is 43.4 Å². The third-order valence-electron chi connectivity index (χ3n) is 3.41. The second-order valence-corrected chi connectivity index (χ2v) is 5.48. The maximum absolute atomic E-state index is 11.3. The first kappa shape index (κ1) is 15.2. The molecule has 0 heterocycles. The Hall–Kier alpha value is -1.84. The molecule has 0 unspecified atom stereocenters. The fourth-order valence-electron chi connectivity index (χ4n) is 2.07. The van der Waals surface area contributed by atoms with Crippen LogP contribution in [0.15, 0.2) is 18.2 Å². The predicted molar refractivity (Wildman–Crippen MR) is 72.4 cm³/mol. The fraction of sp³-hybridized carbons (Fsp3) is 0.467. The first-order chi connectivity index (χ1) is 8.68. The molecule has 0 aliphatic carbocycles. The zero-order valence-electron chi connectivity index (χ0n) is 11.7. The van der Waals surface area contributed by atoms with Crippen LogP contribution in [0, 0.1) is 12.3 Å². The predicted octanol–water partition coefficient (Wildman–Crippen LogP) is 2.84. The molecule has 0 saturated heterocycles. The molecule has 0 saturated carbocycles. The van der Waals surface area contributed by atoms with Gasteiger partial charge in [-0.05, 0) is 37.3 Å². The van der Waals surface area contributed by atoms with Gasteiger partial charge in [-0.15, -0.1) is 0 Å². The smallest absolute Gasteiger partial charge is 0.321 e. The molecule has 19 heavy (non-hydrogen) atoms. The van der Waals surface area contributed by atoms with Gasteiger partial charge in [-0.1, -0.05) is 37.6 Å². The minimum absolute atomic E-state index is 0.00708. The average Bonchev–Trinajstić information content (AvgIpc) is 2.27. The first-order valence-electron chi connectivity index (χ1n) is 6.24. The molecule has 0 bridgehead atoms. The summed E-state index contributed by atoms with van der Waals surface area (Å²) in [6.07, 6.45) is -0.00708. The van der Waals surface area contributed by atoms with E-state index in [1.165, 1.54) is 6.92 Å². The van der Waals surface area contributed by atoms with Crippen LogP contribution in [0.4, 0.5) is 0 Å². The highest BCUT2D eigenvalue weighted by atomic mass is 16.4. The Morgan fingerprint density at radius 1 is 1.21 bits per heavy atom. The lowest BCUT2D eigenvalue weighted by Gasteiger charge is -2.22. The second-order valence-electron chi connectivity index (χ2n) is 5.48. The molecule has 0 aliphatic heterocycles. The SMILES string of the molecule is Cc1ccc(C(C)C)c(CC(C)(C(=O)O)C(=O)O)c1. The molecule has 0 spiro atoms. The standard InChI is InChI=1S/C15H20O4/c1-9(2)12-6-5-10(3)7-11(12)8-15(4,13(16)17)14(18)19/h5-7,9H,8H2,1-4H3,(H,16,17)(H,18,19). The van der Waals surface area contributed by atoms with Gasteiger partial charge in [0, 0.05) is 0 Å². The van der Waals surface area contributed by atoms with Gasteiger partial charge in [0.1, 0.15) is 0 Å². The molecule has 0 radical (unpaired) electrons. The van der Waals surface area contributed by atoms with Crippen molar-refractivity contribution >= 4 is 11.9 Å². The third kappa shape index (κ3) is 3.13. The summed E-state index contributed by atoms with van der Waals surface area (Å²) in [6, 6.07) is 5.77. The molecule has 1 rings (SSSR count). The van der Waals surface area contributed by atoms with E-state index in [0.717, 1.165) is 16.7 Å². The number of carboxylic acids is 2. The van der Waals surface area contributed by atoms with Crippen molar-refractivity contribution in [3.05, 3.63) is 34.9 Å². The van der Waals surface area contributed by atoms with Gasteiger partial charge in [0.25, 0.3) is 0 Å². The van der Waals surface area contributed by atoms with E-state index in [0.29, 0.717) is 0 Å². The molecule has 4 heteroatoms. The van der Waals surface area contributed by atoms with Crippen LogP contribution in [0.3, 0.4) is 0 Å². The summed E-state index contributed by atoms with van der Waals surface area (Å²) in [5.74, 6) is -2.39. The normalized spacial score (nSPS) is 11.6. The van der Waals surface area contributed by atoms with E-state index < -0.39 is 17.4 Å². The van der Waals surface area contributed by atoms with Crippen molar-refractivity contribution < 1.29 is 19.8 Å². The Bertz CT molecular complexity index is 489. The average molecular weight is 264 g/mol.